The predicted molar refractivity (Wildman–Crippen MR) is 96.3 cm³/mol. The van der Waals surface area contributed by atoms with Crippen molar-refractivity contribution in [1.82, 2.24) is 0 Å². The number of benzene rings is 2. The van der Waals surface area contributed by atoms with E-state index in [9.17, 15) is 4.79 Å². The van der Waals surface area contributed by atoms with E-state index in [1.54, 1.807) is 0 Å². The predicted octanol–water partition coefficient (Wildman–Crippen LogP) is 4.40. The van der Waals surface area contributed by atoms with Crippen LogP contribution >= 0.6 is 0 Å². The lowest BCUT2D eigenvalue weighted by molar-refractivity contribution is 0.102. The molecule has 0 bridgehead atoms. The largest absolute Gasteiger partial charge is 0.371 e. The number of hydrogen-bond acceptors (Lipinski definition) is 2. The highest BCUT2D eigenvalue weighted by molar-refractivity contribution is 6.05. The van der Waals surface area contributed by atoms with Gasteiger partial charge in [-0.15, -0.1) is 0 Å². The number of nitrogens with zero attached hydrogens (tertiary/aromatic N) is 1. The Morgan fingerprint density at radius 3 is 2.52 bits per heavy atom. The van der Waals surface area contributed by atoms with Gasteiger partial charge >= 0.3 is 0 Å². The molecule has 0 aromatic heterocycles. The van der Waals surface area contributed by atoms with Crippen LogP contribution in [-0.4, -0.2) is 19.0 Å². The van der Waals surface area contributed by atoms with E-state index in [1.807, 2.05) is 44.2 Å². The van der Waals surface area contributed by atoms with Gasteiger partial charge in [-0.3, -0.25) is 4.79 Å². The van der Waals surface area contributed by atoms with Crippen molar-refractivity contribution in [3.63, 3.8) is 0 Å². The maximum Gasteiger partial charge on any atom is 0.255 e. The molecule has 1 N–H and O–H groups in total. The molecule has 2 aromatic rings. The molecular weight excluding hydrogens is 284 g/mol. The Morgan fingerprint density at radius 1 is 1.13 bits per heavy atom. The second-order valence-electron chi connectivity index (χ2n) is 6.59. The van der Waals surface area contributed by atoms with Crippen LogP contribution in [0, 0.1) is 19.8 Å². The summed E-state index contributed by atoms with van der Waals surface area (Å²) in [6, 6.07) is 14.0. The third-order valence-electron chi connectivity index (χ3n) is 4.76. The van der Waals surface area contributed by atoms with E-state index in [0.29, 0.717) is 0 Å². The third kappa shape index (κ3) is 3.39. The van der Waals surface area contributed by atoms with Gasteiger partial charge in [-0.2, -0.15) is 0 Å². The highest BCUT2D eigenvalue weighted by Crippen LogP contribution is 2.25. The smallest absolute Gasteiger partial charge is 0.255 e. The highest BCUT2D eigenvalue weighted by atomic mass is 16.1. The molecule has 1 aliphatic heterocycles. The van der Waals surface area contributed by atoms with Crippen molar-refractivity contribution in [2.24, 2.45) is 5.92 Å². The van der Waals surface area contributed by atoms with Gasteiger partial charge in [0.05, 0.1) is 0 Å². The summed E-state index contributed by atoms with van der Waals surface area (Å²) in [5, 5.41) is 3.00. The monoisotopic (exact) mass is 308 g/mol. The van der Waals surface area contributed by atoms with E-state index in [-0.39, 0.29) is 5.91 Å². The van der Waals surface area contributed by atoms with Crippen LogP contribution in [0.15, 0.2) is 42.5 Å². The normalized spacial score (nSPS) is 17.3. The summed E-state index contributed by atoms with van der Waals surface area (Å²) >= 11 is 0. The van der Waals surface area contributed by atoms with E-state index in [4.69, 9.17) is 0 Å². The minimum atomic E-state index is -0.0475. The fourth-order valence-corrected chi connectivity index (χ4v) is 3.12. The standard InChI is InChI=1S/C20H24N2O/c1-14-11-12-22(13-14)18-9-7-17(8-10-18)21-20(23)19-6-4-5-15(2)16(19)3/h4-10,14H,11-13H2,1-3H3,(H,21,23). The van der Waals surface area contributed by atoms with Crippen LogP contribution in [-0.2, 0) is 0 Å². The molecule has 120 valence electrons. The minimum Gasteiger partial charge on any atom is -0.371 e. The van der Waals surface area contributed by atoms with Gasteiger partial charge in [0.2, 0.25) is 0 Å². The summed E-state index contributed by atoms with van der Waals surface area (Å²) in [5.41, 5.74) is 4.98. The van der Waals surface area contributed by atoms with Crippen LogP contribution in [0.1, 0.15) is 34.8 Å². The molecule has 1 fully saturated rings. The molecule has 1 atom stereocenters. The van der Waals surface area contributed by atoms with E-state index in [2.05, 4.69) is 29.3 Å². The van der Waals surface area contributed by atoms with Crippen molar-refractivity contribution in [2.45, 2.75) is 27.2 Å². The number of rotatable bonds is 3. The average molecular weight is 308 g/mol. The van der Waals surface area contributed by atoms with Gasteiger partial charge < -0.3 is 10.2 Å². The maximum atomic E-state index is 12.4. The molecule has 1 amide bonds. The van der Waals surface area contributed by atoms with Gasteiger partial charge in [0.15, 0.2) is 0 Å². The second-order valence-corrected chi connectivity index (χ2v) is 6.59. The van der Waals surface area contributed by atoms with Gasteiger partial charge in [-0.25, -0.2) is 0 Å². The summed E-state index contributed by atoms with van der Waals surface area (Å²) in [6.45, 7) is 8.54. The Morgan fingerprint density at radius 2 is 1.87 bits per heavy atom. The number of amides is 1. The Hall–Kier alpha value is -2.29. The quantitative estimate of drug-likeness (QED) is 0.911. The van der Waals surface area contributed by atoms with Crippen LogP contribution in [0.25, 0.3) is 0 Å². The molecule has 1 saturated heterocycles. The molecule has 23 heavy (non-hydrogen) atoms. The SMILES string of the molecule is Cc1cccc(C(=O)Nc2ccc(N3CCC(C)C3)cc2)c1C. The molecule has 0 aliphatic carbocycles. The first kappa shape index (κ1) is 15.6. The van der Waals surface area contributed by atoms with Crippen molar-refractivity contribution in [3.8, 4) is 0 Å². The van der Waals surface area contributed by atoms with Crippen LogP contribution in [0.4, 0.5) is 11.4 Å². The van der Waals surface area contributed by atoms with Gasteiger partial charge in [-0.05, 0) is 67.6 Å². The molecule has 3 rings (SSSR count). The molecule has 1 aliphatic rings. The zero-order chi connectivity index (χ0) is 16.4. The second kappa shape index (κ2) is 6.45. The Balaban J connectivity index is 1.71. The van der Waals surface area contributed by atoms with Gasteiger partial charge in [0, 0.05) is 30.0 Å². The van der Waals surface area contributed by atoms with E-state index in [1.165, 1.54) is 12.1 Å². The highest BCUT2D eigenvalue weighted by Gasteiger charge is 2.18. The molecule has 1 heterocycles. The van der Waals surface area contributed by atoms with Crippen LogP contribution in [0.2, 0.25) is 0 Å². The van der Waals surface area contributed by atoms with E-state index >= 15 is 0 Å². The minimum absolute atomic E-state index is 0.0475. The van der Waals surface area contributed by atoms with Crippen LogP contribution < -0.4 is 10.2 Å². The third-order valence-corrected chi connectivity index (χ3v) is 4.76. The topological polar surface area (TPSA) is 32.3 Å². The first-order chi connectivity index (χ1) is 11.0. The fraction of sp³-hybridized carbons (Fsp3) is 0.350. The van der Waals surface area contributed by atoms with E-state index < -0.39 is 0 Å². The van der Waals surface area contributed by atoms with Crippen molar-refractivity contribution < 1.29 is 4.79 Å². The lowest BCUT2D eigenvalue weighted by Crippen LogP contribution is -2.19. The molecule has 0 saturated carbocycles. The van der Waals surface area contributed by atoms with Crippen molar-refractivity contribution in [2.75, 3.05) is 23.3 Å². The summed E-state index contributed by atoms with van der Waals surface area (Å²) in [4.78, 5) is 14.9. The van der Waals surface area contributed by atoms with Crippen molar-refractivity contribution >= 4 is 17.3 Å². The summed E-state index contributed by atoms with van der Waals surface area (Å²) in [6.07, 6.45) is 1.26. The van der Waals surface area contributed by atoms with Gasteiger partial charge in [0.1, 0.15) is 0 Å². The molecule has 1 unspecified atom stereocenters. The van der Waals surface area contributed by atoms with E-state index in [0.717, 1.165) is 41.4 Å². The number of carbonyl (C=O) groups excluding carboxylic acids is 1. The Labute approximate surface area is 138 Å². The zero-order valence-corrected chi connectivity index (χ0v) is 14.1. The first-order valence-electron chi connectivity index (χ1n) is 8.27. The van der Waals surface area contributed by atoms with Crippen molar-refractivity contribution in [3.05, 3.63) is 59.2 Å². The molecular formula is C20H24N2O. The maximum absolute atomic E-state index is 12.4. The summed E-state index contributed by atoms with van der Waals surface area (Å²) < 4.78 is 0. The Kier molecular flexibility index (Phi) is 4.37. The number of nitrogens with one attached hydrogen (secondary N) is 1. The number of aryl methyl sites for hydroxylation is 1. The van der Waals surface area contributed by atoms with Crippen molar-refractivity contribution in [1.29, 1.82) is 0 Å². The van der Waals surface area contributed by atoms with Gasteiger partial charge in [0.25, 0.3) is 5.91 Å². The number of carbonyl (C=O) groups is 1. The number of anilines is 2. The lowest BCUT2D eigenvalue weighted by Gasteiger charge is -2.18. The average Bonchev–Trinajstić information content (AvgIpc) is 2.97. The first-order valence-corrected chi connectivity index (χ1v) is 8.27. The number of hydrogen-bond donors (Lipinski definition) is 1. The van der Waals surface area contributed by atoms with Gasteiger partial charge in [-0.1, -0.05) is 19.1 Å². The summed E-state index contributed by atoms with van der Waals surface area (Å²) in [7, 11) is 0. The van der Waals surface area contributed by atoms with Crippen LogP contribution in [0.5, 0.6) is 0 Å². The summed E-state index contributed by atoms with van der Waals surface area (Å²) in [5.74, 6) is 0.715. The molecule has 3 nitrogen and oxygen atoms in total. The lowest BCUT2D eigenvalue weighted by atomic mass is 10.0. The molecule has 0 spiro atoms. The Bertz CT molecular complexity index is 706. The molecule has 0 radical (unpaired) electrons. The molecule has 2 aromatic carbocycles. The van der Waals surface area contributed by atoms with Crippen LogP contribution in [0.3, 0.4) is 0 Å². The fourth-order valence-electron chi connectivity index (χ4n) is 3.12. The zero-order valence-electron chi connectivity index (χ0n) is 14.1. The molecule has 3 heteroatoms.